The van der Waals surface area contributed by atoms with Crippen LogP contribution in [0, 0.1) is 5.82 Å². The molecule has 2 rings (SSSR count). The van der Waals surface area contributed by atoms with Gasteiger partial charge in [0.2, 0.25) is 0 Å². The van der Waals surface area contributed by atoms with Crippen LogP contribution < -0.4 is 0 Å². The number of hydrogen-bond acceptors (Lipinski definition) is 1. The summed E-state index contributed by atoms with van der Waals surface area (Å²) in [7, 11) is 0. The van der Waals surface area contributed by atoms with Gasteiger partial charge in [-0.2, -0.15) is 0 Å². The Morgan fingerprint density at radius 3 is 2.93 bits per heavy atom. The summed E-state index contributed by atoms with van der Waals surface area (Å²) < 4.78 is 19.2. The third-order valence-electron chi connectivity index (χ3n) is 2.88. The van der Waals surface area contributed by atoms with Crippen LogP contribution >= 0.6 is 0 Å². The highest BCUT2D eigenvalue weighted by molar-refractivity contribution is 5.26. The highest BCUT2D eigenvalue weighted by Crippen LogP contribution is 2.30. The molecule has 0 radical (unpaired) electrons. The van der Waals surface area contributed by atoms with E-state index < -0.39 is 0 Å². The van der Waals surface area contributed by atoms with Gasteiger partial charge in [-0.1, -0.05) is 25.5 Å². The van der Waals surface area contributed by atoms with Crippen molar-refractivity contribution in [1.29, 1.82) is 0 Å². The smallest absolute Gasteiger partial charge is 0.129 e. The molecule has 1 aliphatic heterocycles. The predicted molar refractivity (Wildman–Crippen MR) is 58.3 cm³/mol. The minimum atomic E-state index is -0.104. The first-order chi connectivity index (χ1) is 7.31. The molecule has 2 heteroatoms. The number of benzene rings is 1. The van der Waals surface area contributed by atoms with E-state index in [1.165, 1.54) is 0 Å². The number of aryl methyl sites for hydroxylation is 1. The van der Waals surface area contributed by atoms with E-state index in [1.54, 1.807) is 6.07 Å². The van der Waals surface area contributed by atoms with Crippen molar-refractivity contribution in [1.82, 2.24) is 0 Å². The maximum Gasteiger partial charge on any atom is 0.129 e. The standard InChI is InChI=1S/C13H17FO/c1-2-4-10-6-7-11(12(14)9-10)13-5-3-8-15-13/h6-7,9,13H,2-5,8H2,1H3/t13-/m1/s1. The molecule has 1 nitrogen and oxygen atoms in total. The van der Waals surface area contributed by atoms with Crippen molar-refractivity contribution in [2.75, 3.05) is 6.61 Å². The van der Waals surface area contributed by atoms with Crippen LogP contribution in [0.2, 0.25) is 0 Å². The summed E-state index contributed by atoms with van der Waals surface area (Å²) in [6.45, 7) is 2.87. The highest BCUT2D eigenvalue weighted by Gasteiger charge is 2.20. The number of rotatable bonds is 3. The lowest BCUT2D eigenvalue weighted by molar-refractivity contribution is 0.109. The Morgan fingerprint density at radius 1 is 1.47 bits per heavy atom. The van der Waals surface area contributed by atoms with E-state index in [0.717, 1.165) is 43.4 Å². The first kappa shape index (κ1) is 10.6. The molecule has 1 fully saturated rings. The highest BCUT2D eigenvalue weighted by atomic mass is 19.1. The van der Waals surface area contributed by atoms with Gasteiger partial charge in [0, 0.05) is 12.2 Å². The molecule has 1 aromatic carbocycles. The first-order valence-electron chi connectivity index (χ1n) is 5.71. The number of ether oxygens (including phenoxy) is 1. The van der Waals surface area contributed by atoms with Gasteiger partial charge >= 0.3 is 0 Å². The molecule has 0 aromatic heterocycles. The molecular weight excluding hydrogens is 191 g/mol. The van der Waals surface area contributed by atoms with Crippen molar-refractivity contribution in [3.63, 3.8) is 0 Å². The van der Waals surface area contributed by atoms with E-state index >= 15 is 0 Å². The first-order valence-corrected chi connectivity index (χ1v) is 5.71. The van der Waals surface area contributed by atoms with Crippen LogP contribution in [0.4, 0.5) is 4.39 Å². The van der Waals surface area contributed by atoms with Crippen LogP contribution in [-0.4, -0.2) is 6.61 Å². The Morgan fingerprint density at radius 2 is 2.33 bits per heavy atom. The van der Waals surface area contributed by atoms with E-state index in [9.17, 15) is 4.39 Å². The lowest BCUT2D eigenvalue weighted by Crippen LogP contribution is -2.00. The zero-order valence-electron chi connectivity index (χ0n) is 9.13. The van der Waals surface area contributed by atoms with Crippen LogP contribution in [0.5, 0.6) is 0 Å². The molecule has 1 aromatic rings. The molecule has 0 bridgehead atoms. The summed E-state index contributed by atoms with van der Waals surface area (Å²) in [6.07, 6.45) is 3.98. The molecule has 1 heterocycles. The van der Waals surface area contributed by atoms with Crippen LogP contribution in [-0.2, 0) is 11.2 Å². The van der Waals surface area contributed by atoms with Crippen molar-refractivity contribution in [3.8, 4) is 0 Å². The van der Waals surface area contributed by atoms with Crippen LogP contribution in [0.15, 0.2) is 18.2 Å². The summed E-state index contributed by atoms with van der Waals surface area (Å²) in [4.78, 5) is 0. The zero-order chi connectivity index (χ0) is 10.7. The molecule has 1 aliphatic rings. The monoisotopic (exact) mass is 208 g/mol. The fraction of sp³-hybridized carbons (Fsp3) is 0.538. The van der Waals surface area contributed by atoms with Crippen molar-refractivity contribution in [2.45, 2.75) is 38.7 Å². The second-order valence-electron chi connectivity index (χ2n) is 4.11. The molecule has 0 unspecified atom stereocenters. The third-order valence-corrected chi connectivity index (χ3v) is 2.88. The molecule has 82 valence electrons. The average Bonchev–Trinajstić information content (AvgIpc) is 2.71. The zero-order valence-corrected chi connectivity index (χ0v) is 9.13. The molecule has 0 N–H and O–H groups in total. The molecule has 1 saturated heterocycles. The van der Waals surface area contributed by atoms with Crippen LogP contribution in [0.1, 0.15) is 43.4 Å². The van der Waals surface area contributed by atoms with Gasteiger partial charge in [0.25, 0.3) is 0 Å². The summed E-state index contributed by atoms with van der Waals surface area (Å²) in [5, 5.41) is 0. The van der Waals surface area contributed by atoms with Gasteiger partial charge in [0.1, 0.15) is 5.82 Å². The lowest BCUT2D eigenvalue weighted by Gasteiger charge is -2.11. The summed E-state index contributed by atoms with van der Waals surface area (Å²) >= 11 is 0. The number of hydrogen-bond donors (Lipinski definition) is 0. The number of halogens is 1. The normalized spacial score (nSPS) is 20.8. The molecule has 0 saturated carbocycles. The topological polar surface area (TPSA) is 9.23 Å². The second-order valence-corrected chi connectivity index (χ2v) is 4.11. The van der Waals surface area contributed by atoms with Crippen LogP contribution in [0.3, 0.4) is 0 Å². The molecular formula is C13H17FO. The lowest BCUT2D eigenvalue weighted by atomic mass is 10.0. The van der Waals surface area contributed by atoms with E-state index in [0.29, 0.717) is 0 Å². The average molecular weight is 208 g/mol. The minimum absolute atomic E-state index is 0.0133. The van der Waals surface area contributed by atoms with Gasteiger partial charge in [-0.3, -0.25) is 0 Å². The van der Waals surface area contributed by atoms with Crippen molar-refractivity contribution >= 4 is 0 Å². The molecule has 1 atom stereocenters. The fourth-order valence-corrected chi connectivity index (χ4v) is 2.10. The van der Waals surface area contributed by atoms with E-state index in [1.807, 2.05) is 12.1 Å². The van der Waals surface area contributed by atoms with Gasteiger partial charge in [0.05, 0.1) is 6.10 Å². The van der Waals surface area contributed by atoms with Crippen molar-refractivity contribution < 1.29 is 9.13 Å². The Balaban J connectivity index is 2.18. The fourth-order valence-electron chi connectivity index (χ4n) is 2.10. The molecule has 15 heavy (non-hydrogen) atoms. The van der Waals surface area contributed by atoms with E-state index in [2.05, 4.69) is 6.92 Å². The summed E-state index contributed by atoms with van der Waals surface area (Å²) in [5.41, 5.74) is 1.81. The maximum atomic E-state index is 13.7. The van der Waals surface area contributed by atoms with E-state index in [-0.39, 0.29) is 11.9 Å². The molecule has 0 aliphatic carbocycles. The van der Waals surface area contributed by atoms with Gasteiger partial charge in [-0.25, -0.2) is 4.39 Å². The van der Waals surface area contributed by atoms with Crippen molar-refractivity contribution in [2.24, 2.45) is 0 Å². The quantitative estimate of drug-likeness (QED) is 0.737. The third kappa shape index (κ3) is 2.37. The minimum Gasteiger partial charge on any atom is -0.373 e. The SMILES string of the molecule is CCCc1ccc([C@H]2CCCO2)c(F)c1. The summed E-state index contributed by atoms with van der Waals surface area (Å²) in [5.74, 6) is -0.104. The van der Waals surface area contributed by atoms with Gasteiger partial charge in [-0.05, 0) is 30.9 Å². The van der Waals surface area contributed by atoms with E-state index in [4.69, 9.17) is 4.74 Å². The van der Waals surface area contributed by atoms with Gasteiger partial charge in [0.15, 0.2) is 0 Å². The Kier molecular flexibility index (Phi) is 3.37. The molecule has 0 spiro atoms. The summed E-state index contributed by atoms with van der Waals surface area (Å²) in [6, 6.07) is 5.56. The Bertz CT molecular complexity index is 329. The molecule has 0 amide bonds. The Hall–Kier alpha value is -0.890. The maximum absolute atomic E-state index is 13.7. The largest absolute Gasteiger partial charge is 0.373 e. The second kappa shape index (κ2) is 4.75. The van der Waals surface area contributed by atoms with Gasteiger partial charge < -0.3 is 4.74 Å². The Labute approximate surface area is 90.3 Å². The van der Waals surface area contributed by atoms with Crippen LogP contribution in [0.25, 0.3) is 0 Å². The predicted octanol–water partition coefficient (Wildman–Crippen LogP) is 3.63. The van der Waals surface area contributed by atoms with Crippen molar-refractivity contribution in [3.05, 3.63) is 35.1 Å². The van der Waals surface area contributed by atoms with Gasteiger partial charge in [-0.15, -0.1) is 0 Å².